The fourth-order valence-corrected chi connectivity index (χ4v) is 1.07. The lowest BCUT2D eigenvalue weighted by Gasteiger charge is -2.05. The Morgan fingerprint density at radius 2 is 2.00 bits per heavy atom. The number of carbonyl (C=O) groups is 2. The Morgan fingerprint density at radius 1 is 1.31 bits per heavy atom. The molecule has 84 valence electrons. The Bertz CT molecular complexity index is 373. The maximum Gasteiger partial charge on any atom is 0.330 e. The molecule has 1 N–H and O–H groups in total. The van der Waals surface area contributed by atoms with Crippen LogP contribution in [0.25, 0.3) is 0 Å². The molecule has 1 amide bonds. The van der Waals surface area contributed by atoms with E-state index in [9.17, 15) is 9.59 Å². The summed E-state index contributed by atoms with van der Waals surface area (Å²) in [6, 6.07) is 8.83. The first kappa shape index (κ1) is 12.0. The van der Waals surface area contributed by atoms with Crippen LogP contribution in [0, 0.1) is 0 Å². The molecule has 0 atom stereocenters. The van der Waals surface area contributed by atoms with Gasteiger partial charge in [0.05, 0.1) is 6.54 Å². The highest BCUT2D eigenvalue weighted by Gasteiger charge is 2.03. The Morgan fingerprint density at radius 3 is 2.62 bits per heavy atom. The number of benzene rings is 1. The Labute approximate surface area is 93.9 Å². The van der Waals surface area contributed by atoms with Gasteiger partial charge in [0.2, 0.25) is 0 Å². The van der Waals surface area contributed by atoms with E-state index in [1.807, 2.05) is 6.07 Å². The van der Waals surface area contributed by atoms with E-state index in [0.29, 0.717) is 5.56 Å². The molecule has 0 aliphatic carbocycles. The van der Waals surface area contributed by atoms with Crippen LogP contribution in [0.1, 0.15) is 10.4 Å². The molecule has 1 aromatic rings. The number of carbonyl (C=O) groups excluding carboxylic acids is 2. The molecular formula is C12H13NO3. The molecule has 0 radical (unpaired) electrons. The second kappa shape index (κ2) is 6.40. The van der Waals surface area contributed by atoms with E-state index in [-0.39, 0.29) is 19.1 Å². The van der Waals surface area contributed by atoms with E-state index in [1.165, 1.54) is 0 Å². The van der Waals surface area contributed by atoms with Crippen LogP contribution in [0.3, 0.4) is 0 Å². The zero-order chi connectivity index (χ0) is 11.8. The summed E-state index contributed by atoms with van der Waals surface area (Å²) in [5.41, 5.74) is 0.581. The van der Waals surface area contributed by atoms with Crippen LogP contribution in [-0.4, -0.2) is 25.0 Å². The van der Waals surface area contributed by atoms with Crippen LogP contribution in [-0.2, 0) is 9.53 Å². The van der Waals surface area contributed by atoms with Crippen molar-refractivity contribution in [2.45, 2.75) is 0 Å². The molecule has 0 aliphatic rings. The molecule has 0 unspecified atom stereocenters. The summed E-state index contributed by atoms with van der Waals surface area (Å²) in [6.45, 7) is 3.69. The summed E-state index contributed by atoms with van der Waals surface area (Å²) in [5.74, 6) is -0.677. The highest BCUT2D eigenvalue weighted by molar-refractivity contribution is 5.94. The number of ether oxygens (including phenoxy) is 1. The van der Waals surface area contributed by atoms with E-state index < -0.39 is 5.97 Å². The highest BCUT2D eigenvalue weighted by Crippen LogP contribution is 1.97. The third-order valence-electron chi connectivity index (χ3n) is 1.83. The van der Waals surface area contributed by atoms with Gasteiger partial charge in [-0.3, -0.25) is 4.79 Å². The molecule has 4 nitrogen and oxygen atoms in total. The molecule has 0 aliphatic heterocycles. The number of nitrogens with one attached hydrogen (secondary N) is 1. The minimum Gasteiger partial charge on any atom is -0.461 e. The van der Waals surface area contributed by atoms with Crippen molar-refractivity contribution in [1.29, 1.82) is 0 Å². The first-order valence-electron chi connectivity index (χ1n) is 4.86. The first-order chi connectivity index (χ1) is 7.74. The van der Waals surface area contributed by atoms with Crippen LogP contribution < -0.4 is 5.32 Å². The van der Waals surface area contributed by atoms with Gasteiger partial charge in [0.25, 0.3) is 5.91 Å². The quantitative estimate of drug-likeness (QED) is 0.459. The summed E-state index contributed by atoms with van der Waals surface area (Å²) in [6.07, 6.45) is 1.08. The standard InChI is InChI=1S/C12H13NO3/c1-2-11(14)16-9-8-13-12(15)10-6-4-3-5-7-10/h2-7H,1,8-9H2,(H,13,15). The molecule has 0 bridgehead atoms. The van der Waals surface area contributed by atoms with Gasteiger partial charge in [-0.05, 0) is 12.1 Å². The molecule has 1 aromatic carbocycles. The Kier molecular flexibility index (Phi) is 4.79. The van der Waals surface area contributed by atoms with Gasteiger partial charge in [-0.15, -0.1) is 0 Å². The third kappa shape index (κ3) is 3.96. The predicted octanol–water partition coefficient (Wildman–Crippen LogP) is 1.15. The smallest absolute Gasteiger partial charge is 0.330 e. The fraction of sp³-hybridized carbons (Fsp3) is 0.167. The first-order valence-corrected chi connectivity index (χ1v) is 4.86. The van der Waals surface area contributed by atoms with Gasteiger partial charge in [-0.1, -0.05) is 24.8 Å². The second-order valence-electron chi connectivity index (χ2n) is 2.99. The zero-order valence-corrected chi connectivity index (χ0v) is 8.81. The van der Waals surface area contributed by atoms with Crippen LogP contribution in [0.5, 0.6) is 0 Å². The molecule has 0 saturated carbocycles. The zero-order valence-electron chi connectivity index (χ0n) is 8.81. The van der Waals surface area contributed by atoms with Crippen LogP contribution in [0.15, 0.2) is 43.0 Å². The lowest BCUT2D eigenvalue weighted by molar-refractivity contribution is -0.137. The van der Waals surface area contributed by atoms with E-state index in [0.717, 1.165) is 6.08 Å². The van der Waals surface area contributed by atoms with Gasteiger partial charge in [0.1, 0.15) is 6.61 Å². The maximum atomic E-state index is 11.5. The van der Waals surface area contributed by atoms with Gasteiger partial charge in [-0.2, -0.15) is 0 Å². The van der Waals surface area contributed by atoms with Crippen molar-refractivity contribution in [3.8, 4) is 0 Å². The van der Waals surface area contributed by atoms with Gasteiger partial charge in [0, 0.05) is 11.6 Å². The number of hydrogen-bond acceptors (Lipinski definition) is 3. The number of amides is 1. The molecule has 4 heteroatoms. The second-order valence-corrected chi connectivity index (χ2v) is 2.99. The van der Waals surface area contributed by atoms with Crippen LogP contribution in [0.2, 0.25) is 0 Å². The molecular weight excluding hydrogens is 206 g/mol. The van der Waals surface area contributed by atoms with Crippen molar-refractivity contribution in [2.24, 2.45) is 0 Å². The predicted molar refractivity (Wildman–Crippen MR) is 59.9 cm³/mol. The van der Waals surface area contributed by atoms with Crippen LogP contribution >= 0.6 is 0 Å². The van der Waals surface area contributed by atoms with Gasteiger partial charge < -0.3 is 10.1 Å². The van der Waals surface area contributed by atoms with E-state index in [4.69, 9.17) is 4.74 Å². The fourth-order valence-electron chi connectivity index (χ4n) is 1.07. The average Bonchev–Trinajstić information content (AvgIpc) is 2.35. The SMILES string of the molecule is C=CC(=O)OCCNC(=O)c1ccccc1. The molecule has 0 heterocycles. The van der Waals surface area contributed by atoms with Crippen molar-refractivity contribution >= 4 is 11.9 Å². The van der Waals surface area contributed by atoms with E-state index >= 15 is 0 Å². The highest BCUT2D eigenvalue weighted by atomic mass is 16.5. The van der Waals surface area contributed by atoms with Crippen molar-refractivity contribution in [3.63, 3.8) is 0 Å². The normalized spacial score (nSPS) is 9.25. The van der Waals surface area contributed by atoms with E-state index in [1.54, 1.807) is 24.3 Å². The minimum atomic E-state index is -0.492. The van der Waals surface area contributed by atoms with Crippen molar-refractivity contribution in [3.05, 3.63) is 48.6 Å². The number of rotatable bonds is 5. The van der Waals surface area contributed by atoms with Crippen molar-refractivity contribution < 1.29 is 14.3 Å². The lowest BCUT2D eigenvalue weighted by Crippen LogP contribution is -2.27. The lowest BCUT2D eigenvalue weighted by atomic mass is 10.2. The summed E-state index contributed by atoms with van der Waals surface area (Å²) >= 11 is 0. The molecule has 0 aromatic heterocycles. The van der Waals surface area contributed by atoms with Crippen LogP contribution in [0.4, 0.5) is 0 Å². The Hall–Kier alpha value is -2.10. The topological polar surface area (TPSA) is 55.4 Å². The maximum absolute atomic E-state index is 11.5. The summed E-state index contributed by atoms with van der Waals surface area (Å²) in [4.78, 5) is 22.2. The van der Waals surface area contributed by atoms with Crippen molar-refractivity contribution in [1.82, 2.24) is 5.32 Å². The molecule has 16 heavy (non-hydrogen) atoms. The molecule has 0 saturated heterocycles. The molecule has 0 fully saturated rings. The molecule has 0 spiro atoms. The number of esters is 1. The van der Waals surface area contributed by atoms with Crippen molar-refractivity contribution in [2.75, 3.05) is 13.2 Å². The number of hydrogen-bond donors (Lipinski definition) is 1. The largest absolute Gasteiger partial charge is 0.461 e. The summed E-state index contributed by atoms with van der Waals surface area (Å²) < 4.78 is 4.71. The van der Waals surface area contributed by atoms with E-state index in [2.05, 4.69) is 11.9 Å². The summed E-state index contributed by atoms with van der Waals surface area (Å²) in [5, 5.41) is 2.63. The average molecular weight is 219 g/mol. The molecule has 1 rings (SSSR count). The van der Waals surface area contributed by atoms with Gasteiger partial charge in [-0.25, -0.2) is 4.79 Å². The monoisotopic (exact) mass is 219 g/mol. The summed E-state index contributed by atoms with van der Waals surface area (Å²) in [7, 11) is 0. The Balaban J connectivity index is 2.26. The van der Waals surface area contributed by atoms with Gasteiger partial charge >= 0.3 is 5.97 Å². The third-order valence-corrected chi connectivity index (χ3v) is 1.83. The van der Waals surface area contributed by atoms with Gasteiger partial charge in [0.15, 0.2) is 0 Å². The minimum absolute atomic E-state index is 0.142.